The number of para-hydroxylation sites is 1. The third-order valence-electron chi connectivity index (χ3n) is 2.74. The van der Waals surface area contributed by atoms with Crippen LogP contribution < -0.4 is 5.73 Å². The van der Waals surface area contributed by atoms with Gasteiger partial charge < -0.3 is 5.73 Å². The molecule has 0 saturated heterocycles. The van der Waals surface area contributed by atoms with E-state index in [0.29, 0.717) is 6.04 Å². The highest BCUT2D eigenvalue weighted by Gasteiger charge is 2.04. The van der Waals surface area contributed by atoms with Gasteiger partial charge in [0.25, 0.3) is 0 Å². The molecule has 1 atom stereocenters. The van der Waals surface area contributed by atoms with Gasteiger partial charge in [-0.3, -0.25) is 0 Å². The van der Waals surface area contributed by atoms with E-state index in [-0.39, 0.29) is 0 Å². The Kier molecular flexibility index (Phi) is 4.83. The van der Waals surface area contributed by atoms with Crippen LogP contribution in [-0.4, -0.2) is 16.8 Å². The molecule has 1 unspecified atom stereocenters. The van der Waals surface area contributed by atoms with Crippen molar-refractivity contribution in [2.75, 3.05) is 5.75 Å². The average molecular weight is 266 g/mol. The molecule has 2 aromatic rings. The fourth-order valence-electron chi connectivity index (χ4n) is 1.62. The van der Waals surface area contributed by atoms with Gasteiger partial charge in [0.1, 0.15) is 0 Å². The molecule has 0 amide bonds. The normalized spacial score (nSPS) is 13.1. The minimum atomic E-state index is 0.367. The summed E-state index contributed by atoms with van der Waals surface area (Å²) in [6.07, 6.45) is 3.37. The van der Waals surface area contributed by atoms with Gasteiger partial charge >= 0.3 is 0 Å². The number of hydrogen-bond acceptors (Lipinski definition) is 4. The molecule has 0 aliphatic heterocycles. The first-order valence-corrected chi connectivity index (χ1v) is 7.83. The van der Waals surface area contributed by atoms with E-state index in [1.165, 1.54) is 15.5 Å². The number of thiazole rings is 1. The van der Waals surface area contributed by atoms with E-state index in [9.17, 15) is 0 Å². The first kappa shape index (κ1) is 12.9. The second-order valence-corrected chi connectivity index (χ2v) is 6.48. The summed E-state index contributed by atoms with van der Waals surface area (Å²) in [5.74, 6) is 1.12. The number of nitrogens with two attached hydrogens (primary N) is 1. The lowest BCUT2D eigenvalue weighted by molar-refractivity contribution is 0.589. The third kappa shape index (κ3) is 3.69. The van der Waals surface area contributed by atoms with Crippen LogP contribution in [0, 0.1) is 0 Å². The lowest BCUT2D eigenvalue weighted by Crippen LogP contribution is -2.18. The summed E-state index contributed by atoms with van der Waals surface area (Å²) >= 11 is 3.63. The van der Waals surface area contributed by atoms with Crippen LogP contribution in [0.3, 0.4) is 0 Å². The summed E-state index contributed by atoms with van der Waals surface area (Å²) in [5.41, 5.74) is 7.01. The van der Waals surface area contributed by atoms with Crippen LogP contribution in [0.15, 0.2) is 28.6 Å². The van der Waals surface area contributed by atoms with Crippen molar-refractivity contribution in [1.29, 1.82) is 0 Å². The lowest BCUT2D eigenvalue weighted by atomic mass is 10.1. The van der Waals surface area contributed by atoms with Gasteiger partial charge in [-0.2, -0.15) is 0 Å². The van der Waals surface area contributed by atoms with Gasteiger partial charge in [0.15, 0.2) is 4.34 Å². The van der Waals surface area contributed by atoms with E-state index in [2.05, 4.69) is 30.1 Å². The van der Waals surface area contributed by atoms with E-state index in [1.54, 1.807) is 11.3 Å². The van der Waals surface area contributed by atoms with Crippen molar-refractivity contribution >= 4 is 33.3 Å². The van der Waals surface area contributed by atoms with Crippen LogP contribution in [0.5, 0.6) is 0 Å². The van der Waals surface area contributed by atoms with Gasteiger partial charge in [-0.25, -0.2) is 4.98 Å². The minimum Gasteiger partial charge on any atom is -0.328 e. The Bertz CT molecular complexity index is 434. The van der Waals surface area contributed by atoms with Gasteiger partial charge in [-0.15, -0.1) is 11.3 Å². The quantitative estimate of drug-likeness (QED) is 0.636. The fourth-order valence-corrected chi connectivity index (χ4v) is 3.72. The highest BCUT2D eigenvalue weighted by atomic mass is 32.2. The molecule has 1 aromatic carbocycles. The molecule has 0 aliphatic rings. The smallest absolute Gasteiger partial charge is 0.151 e. The van der Waals surface area contributed by atoms with Crippen LogP contribution in [0.25, 0.3) is 10.2 Å². The zero-order valence-electron chi connectivity index (χ0n) is 10.1. The molecule has 1 aromatic heterocycles. The average Bonchev–Trinajstić information content (AvgIpc) is 2.76. The Morgan fingerprint density at radius 3 is 3.00 bits per heavy atom. The predicted octanol–water partition coefficient (Wildman–Crippen LogP) is 3.91. The molecular weight excluding hydrogens is 248 g/mol. The molecule has 2 N–H and O–H groups in total. The number of fused-ring (bicyclic) bond motifs is 1. The summed E-state index contributed by atoms with van der Waals surface area (Å²) in [4.78, 5) is 4.60. The van der Waals surface area contributed by atoms with E-state index in [0.717, 1.165) is 24.1 Å². The van der Waals surface area contributed by atoms with Crippen molar-refractivity contribution in [1.82, 2.24) is 4.98 Å². The Hall–Kier alpha value is -0.580. The molecule has 2 nitrogen and oxygen atoms in total. The van der Waals surface area contributed by atoms with Gasteiger partial charge in [-0.1, -0.05) is 30.8 Å². The van der Waals surface area contributed by atoms with Crippen LogP contribution >= 0.6 is 23.1 Å². The first-order valence-electron chi connectivity index (χ1n) is 6.03. The van der Waals surface area contributed by atoms with Crippen molar-refractivity contribution < 1.29 is 0 Å². The third-order valence-corrected chi connectivity index (χ3v) is 5.01. The topological polar surface area (TPSA) is 38.9 Å². The van der Waals surface area contributed by atoms with Crippen molar-refractivity contribution in [3.8, 4) is 0 Å². The molecule has 0 spiro atoms. The Balaban J connectivity index is 1.83. The number of aromatic nitrogens is 1. The molecule has 0 radical (unpaired) electrons. The maximum atomic E-state index is 5.89. The molecule has 0 bridgehead atoms. The van der Waals surface area contributed by atoms with Crippen LogP contribution in [0.4, 0.5) is 0 Å². The summed E-state index contributed by atoms with van der Waals surface area (Å²) in [5, 5.41) is 0. The molecule has 92 valence electrons. The van der Waals surface area contributed by atoms with E-state index >= 15 is 0 Å². The maximum Gasteiger partial charge on any atom is 0.151 e. The van der Waals surface area contributed by atoms with Gasteiger partial charge in [0.2, 0.25) is 0 Å². The SMILES string of the molecule is CCC(N)CCCSc1nc2ccccc2s1. The highest BCUT2D eigenvalue weighted by Crippen LogP contribution is 2.29. The molecular formula is C13H18N2S2. The van der Waals surface area contributed by atoms with Crippen molar-refractivity contribution in [3.05, 3.63) is 24.3 Å². The Labute approximate surface area is 111 Å². The second-order valence-electron chi connectivity index (χ2n) is 4.11. The molecule has 0 saturated carbocycles. The van der Waals surface area contributed by atoms with Gasteiger partial charge in [0.05, 0.1) is 10.2 Å². The van der Waals surface area contributed by atoms with E-state index < -0.39 is 0 Å². The molecule has 17 heavy (non-hydrogen) atoms. The molecule has 4 heteroatoms. The summed E-state index contributed by atoms with van der Waals surface area (Å²) < 4.78 is 2.46. The number of rotatable bonds is 6. The number of nitrogens with zero attached hydrogens (tertiary/aromatic N) is 1. The van der Waals surface area contributed by atoms with Crippen LogP contribution in [0.2, 0.25) is 0 Å². The monoisotopic (exact) mass is 266 g/mol. The molecule has 2 rings (SSSR count). The Morgan fingerprint density at radius 1 is 1.41 bits per heavy atom. The molecule has 0 aliphatic carbocycles. The van der Waals surface area contributed by atoms with Gasteiger partial charge in [0, 0.05) is 11.8 Å². The Morgan fingerprint density at radius 2 is 2.24 bits per heavy atom. The fraction of sp³-hybridized carbons (Fsp3) is 0.462. The second kappa shape index (κ2) is 6.38. The zero-order valence-corrected chi connectivity index (χ0v) is 11.7. The van der Waals surface area contributed by atoms with Crippen molar-refractivity contribution in [2.24, 2.45) is 5.73 Å². The van der Waals surface area contributed by atoms with Gasteiger partial charge in [-0.05, 0) is 31.4 Å². The predicted molar refractivity (Wildman–Crippen MR) is 77.8 cm³/mol. The maximum absolute atomic E-state index is 5.89. The summed E-state index contributed by atoms with van der Waals surface area (Å²) in [7, 11) is 0. The zero-order chi connectivity index (χ0) is 12.1. The number of benzene rings is 1. The molecule has 1 heterocycles. The van der Waals surface area contributed by atoms with Crippen molar-refractivity contribution in [2.45, 2.75) is 36.6 Å². The summed E-state index contributed by atoms with van der Waals surface area (Å²) in [6, 6.07) is 8.67. The van der Waals surface area contributed by atoms with Crippen LogP contribution in [-0.2, 0) is 0 Å². The standard InChI is InChI=1S/C13H18N2S2/c1-2-10(14)6-5-9-16-13-15-11-7-3-4-8-12(11)17-13/h3-4,7-8,10H,2,5-6,9,14H2,1H3. The van der Waals surface area contributed by atoms with E-state index in [4.69, 9.17) is 5.73 Å². The highest BCUT2D eigenvalue weighted by molar-refractivity contribution is 8.01. The number of thioether (sulfide) groups is 1. The lowest BCUT2D eigenvalue weighted by Gasteiger charge is -2.06. The number of hydrogen-bond donors (Lipinski definition) is 1. The molecule has 0 fully saturated rings. The summed E-state index contributed by atoms with van der Waals surface area (Å²) in [6.45, 7) is 2.14. The van der Waals surface area contributed by atoms with Crippen LogP contribution in [0.1, 0.15) is 26.2 Å². The largest absolute Gasteiger partial charge is 0.328 e. The minimum absolute atomic E-state index is 0.367. The first-order chi connectivity index (χ1) is 8.29. The van der Waals surface area contributed by atoms with E-state index in [1.807, 2.05) is 17.8 Å². The van der Waals surface area contributed by atoms with Crippen molar-refractivity contribution in [3.63, 3.8) is 0 Å².